The Balaban J connectivity index is 1.80. The summed E-state index contributed by atoms with van der Waals surface area (Å²) in [5.41, 5.74) is -2.05. The van der Waals surface area contributed by atoms with Gasteiger partial charge in [-0.05, 0) is 24.3 Å². The molecule has 0 spiro atoms. The van der Waals surface area contributed by atoms with E-state index in [4.69, 9.17) is 0 Å². The van der Waals surface area contributed by atoms with Gasteiger partial charge in [0.05, 0.1) is 17.8 Å². The van der Waals surface area contributed by atoms with Crippen molar-refractivity contribution >= 4 is 28.4 Å². The number of fused-ring (bicyclic) bond motifs is 3. The van der Waals surface area contributed by atoms with E-state index in [1.165, 1.54) is 25.4 Å². The fourth-order valence-electron chi connectivity index (χ4n) is 2.94. The molecule has 0 saturated carbocycles. The summed E-state index contributed by atoms with van der Waals surface area (Å²) in [4.78, 5) is 34.1. The first-order valence-electron chi connectivity index (χ1n) is 8.49. The molecule has 12 heteroatoms. The number of carbonyl (C=O) groups excluding carboxylic acids is 1. The van der Waals surface area contributed by atoms with Crippen molar-refractivity contribution in [2.75, 3.05) is 11.9 Å². The Hall–Kier alpha value is -3.83. The Labute approximate surface area is 165 Å². The van der Waals surface area contributed by atoms with Crippen molar-refractivity contribution in [3.8, 4) is 0 Å². The van der Waals surface area contributed by atoms with Crippen LogP contribution in [0.2, 0.25) is 0 Å². The first-order valence-corrected chi connectivity index (χ1v) is 8.49. The van der Waals surface area contributed by atoms with Gasteiger partial charge in [-0.1, -0.05) is 0 Å². The summed E-state index contributed by atoms with van der Waals surface area (Å²) < 4.78 is 54.2. The maximum Gasteiger partial charge on any atom is 0.433 e. The fourth-order valence-corrected chi connectivity index (χ4v) is 2.94. The number of rotatable bonds is 3. The molecule has 0 unspecified atom stereocenters. The molecule has 4 rings (SSSR count). The average molecular weight is 420 g/mol. The van der Waals surface area contributed by atoms with E-state index in [-0.39, 0.29) is 22.5 Å². The molecule has 0 aliphatic heterocycles. The van der Waals surface area contributed by atoms with E-state index in [0.29, 0.717) is 6.07 Å². The molecule has 4 aromatic heterocycles. The summed E-state index contributed by atoms with van der Waals surface area (Å²) in [6.45, 7) is -0.444. The van der Waals surface area contributed by atoms with Crippen LogP contribution in [0.3, 0.4) is 0 Å². The third-order valence-electron chi connectivity index (χ3n) is 4.46. The predicted molar refractivity (Wildman–Crippen MR) is 97.4 cm³/mol. The van der Waals surface area contributed by atoms with Gasteiger partial charge < -0.3 is 0 Å². The molecule has 30 heavy (non-hydrogen) atoms. The summed E-state index contributed by atoms with van der Waals surface area (Å²) in [6, 6.07) is 5.51. The van der Waals surface area contributed by atoms with Gasteiger partial charge >= 0.3 is 6.18 Å². The van der Waals surface area contributed by atoms with Crippen LogP contribution in [0.1, 0.15) is 5.69 Å². The number of pyridine rings is 2. The molecule has 154 valence electrons. The maximum atomic E-state index is 13.0. The van der Waals surface area contributed by atoms with Crippen molar-refractivity contribution in [2.24, 2.45) is 0 Å². The van der Waals surface area contributed by atoms with Gasteiger partial charge in [0.1, 0.15) is 29.5 Å². The topological polar surface area (TPSA) is 85.4 Å². The minimum atomic E-state index is -4.69. The monoisotopic (exact) mass is 420 g/mol. The average Bonchev–Trinajstić information content (AvgIpc) is 3.20. The van der Waals surface area contributed by atoms with E-state index in [0.717, 1.165) is 32.3 Å². The molecule has 0 N–H and O–H groups in total. The van der Waals surface area contributed by atoms with E-state index in [1.54, 1.807) is 0 Å². The number of aromatic nitrogens is 5. The van der Waals surface area contributed by atoms with Crippen LogP contribution < -0.4 is 10.5 Å². The molecular formula is C18H12F4N6O2. The van der Waals surface area contributed by atoms with Crippen molar-refractivity contribution < 1.29 is 22.4 Å². The second kappa shape index (κ2) is 6.90. The molecule has 4 aromatic rings. The largest absolute Gasteiger partial charge is 0.433 e. The molecule has 0 fully saturated rings. The Bertz CT molecular complexity index is 1330. The number of hydrogen-bond donors (Lipinski definition) is 0. The second-order valence-electron chi connectivity index (χ2n) is 6.35. The smallest absolute Gasteiger partial charge is 0.298 e. The van der Waals surface area contributed by atoms with E-state index in [9.17, 15) is 27.2 Å². The number of alkyl halides is 3. The van der Waals surface area contributed by atoms with E-state index in [1.807, 2.05) is 0 Å². The summed E-state index contributed by atoms with van der Waals surface area (Å²) >= 11 is 0. The molecule has 8 nitrogen and oxygen atoms in total. The molecular weight excluding hydrogens is 408 g/mol. The normalized spacial score (nSPS) is 11.9. The van der Waals surface area contributed by atoms with Crippen LogP contribution >= 0.6 is 0 Å². The number of halogens is 4. The first-order chi connectivity index (χ1) is 14.2. The maximum absolute atomic E-state index is 13.0. The number of amides is 1. The number of anilines is 1. The van der Waals surface area contributed by atoms with Gasteiger partial charge in [0, 0.05) is 13.1 Å². The van der Waals surface area contributed by atoms with Crippen LogP contribution in [-0.4, -0.2) is 37.1 Å². The summed E-state index contributed by atoms with van der Waals surface area (Å²) in [5.74, 6) is -0.966. The highest BCUT2D eigenvalue weighted by atomic mass is 19.4. The lowest BCUT2D eigenvalue weighted by Crippen LogP contribution is -2.35. The van der Waals surface area contributed by atoms with Crippen molar-refractivity contribution in [1.29, 1.82) is 0 Å². The van der Waals surface area contributed by atoms with Crippen LogP contribution in [0, 0.1) is 5.82 Å². The zero-order valence-electron chi connectivity index (χ0n) is 15.3. The van der Waals surface area contributed by atoms with Crippen molar-refractivity contribution in [3.05, 3.63) is 64.6 Å². The van der Waals surface area contributed by atoms with Gasteiger partial charge in [-0.15, -0.1) is 0 Å². The zero-order chi connectivity index (χ0) is 21.6. The first kappa shape index (κ1) is 19.5. The van der Waals surface area contributed by atoms with Crippen molar-refractivity contribution in [3.63, 3.8) is 0 Å². The zero-order valence-corrected chi connectivity index (χ0v) is 15.3. The lowest BCUT2D eigenvalue weighted by molar-refractivity contribution is -0.141. The van der Waals surface area contributed by atoms with Crippen molar-refractivity contribution in [1.82, 2.24) is 24.1 Å². The van der Waals surface area contributed by atoms with E-state index < -0.39 is 35.7 Å². The lowest BCUT2D eigenvalue weighted by atomic mass is 10.2. The Morgan fingerprint density at radius 1 is 1.17 bits per heavy atom. The number of likely N-dealkylation sites (N-methyl/N-ethyl adjacent to an activating group) is 1. The number of hydrogen-bond acceptors (Lipinski definition) is 5. The molecule has 0 aliphatic carbocycles. The van der Waals surface area contributed by atoms with Gasteiger partial charge in [-0.3, -0.25) is 19.1 Å². The molecule has 0 aromatic carbocycles. The van der Waals surface area contributed by atoms with Crippen LogP contribution in [0.5, 0.6) is 0 Å². The minimum absolute atomic E-state index is 0.0909. The van der Waals surface area contributed by atoms with Gasteiger partial charge in [-0.25, -0.2) is 14.4 Å². The standard InChI is InChI=1S/C18H12F4N6O2/c1-26(13-5-2-10(19)8-23-13)15(29)9-27-14-6-7-24-28(14)16-11(17(27)30)3-4-12(25-16)18(20,21)22/h2-8H,9H2,1H3. The third kappa shape index (κ3) is 3.25. The third-order valence-corrected chi connectivity index (χ3v) is 4.46. The Morgan fingerprint density at radius 3 is 2.60 bits per heavy atom. The Kier molecular flexibility index (Phi) is 4.48. The molecule has 1 amide bonds. The van der Waals surface area contributed by atoms with Crippen LogP contribution in [0.25, 0.3) is 16.7 Å². The highest BCUT2D eigenvalue weighted by Gasteiger charge is 2.33. The van der Waals surface area contributed by atoms with Gasteiger partial charge in [0.2, 0.25) is 5.91 Å². The highest BCUT2D eigenvalue weighted by Crippen LogP contribution is 2.28. The van der Waals surface area contributed by atoms with E-state index >= 15 is 0 Å². The van der Waals surface area contributed by atoms with Gasteiger partial charge in [-0.2, -0.15) is 22.8 Å². The fraction of sp³-hybridized carbons (Fsp3) is 0.167. The molecule has 0 atom stereocenters. The Morgan fingerprint density at radius 2 is 1.93 bits per heavy atom. The lowest BCUT2D eigenvalue weighted by Gasteiger charge is -2.18. The predicted octanol–water partition coefficient (Wildman–Crippen LogP) is 2.26. The molecule has 0 saturated heterocycles. The van der Waals surface area contributed by atoms with Crippen LogP contribution in [0.4, 0.5) is 23.4 Å². The summed E-state index contributed by atoms with van der Waals surface area (Å²) in [5, 5.41) is 3.81. The van der Waals surface area contributed by atoms with Gasteiger partial charge in [0.25, 0.3) is 5.56 Å². The SMILES string of the molecule is CN(C(=O)Cn1c(=O)c2ccc(C(F)(F)F)nc2n2nccc12)c1ccc(F)cn1. The quantitative estimate of drug-likeness (QED) is 0.475. The van der Waals surface area contributed by atoms with Crippen LogP contribution in [-0.2, 0) is 17.5 Å². The van der Waals surface area contributed by atoms with Gasteiger partial charge in [0.15, 0.2) is 5.65 Å². The summed E-state index contributed by atoms with van der Waals surface area (Å²) in [7, 11) is 1.40. The van der Waals surface area contributed by atoms with E-state index in [2.05, 4.69) is 15.1 Å². The molecule has 4 heterocycles. The van der Waals surface area contributed by atoms with Crippen molar-refractivity contribution in [2.45, 2.75) is 12.7 Å². The minimum Gasteiger partial charge on any atom is -0.298 e. The summed E-state index contributed by atoms with van der Waals surface area (Å²) in [6.07, 6.45) is -2.47. The highest BCUT2D eigenvalue weighted by molar-refractivity contribution is 5.92. The molecule has 0 aliphatic rings. The second-order valence-corrected chi connectivity index (χ2v) is 6.35. The molecule has 0 bridgehead atoms. The number of carbonyl (C=O) groups is 1. The van der Waals surface area contributed by atoms with Crippen LogP contribution in [0.15, 0.2) is 47.5 Å². The number of nitrogens with zero attached hydrogens (tertiary/aromatic N) is 6. The molecule has 0 radical (unpaired) electrons.